The van der Waals surface area contributed by atoms with Gasteiger partial charge in [-0.2, -0.15) is 0 Å². The molecule has 0 bridgehead atoms. The largest absolute Gasteiger partial charge is 0.388 e. The summed E-state index contributed by atoms with van der Waals surface area (Å²) >= 11 is 0. The average molecular weight is 231 g/mol. The summed E-state index contributed by atoms with van der Waals surface area (Å²) in [5.74, 6) is 0.467. The molecule has 1 aromatic carbocycles. The van der Waals surface area contributed by atoms with Gasteiger partial charge in [0.2, 0.25) is 5.91 Å². The Labute approximate surface area is 101 Å². The van der Waals surface area contributed by atoms with Gasteiger partial charge in [-0.05, 0) is 25.3 Å². The molecule has 3 nitrogen and oxygen atoms in total. The van der Waals surface area contributed by atoms with Gasteiger partial charge in [0.25, 0.3) is 0 Å². The Morgan fingerprint density at radius 1 is 1.24 bits per heavy atom. The third kappa shape index (κ3) is 1.75. The molecule has 1 aliphatic carbocycles. The fourth-order valence-electron chi connectivity index (χ4n) is 2.65. The smallest absolute Gasteiger partial charge is 0.230 e. The molecule has 1 unspecified atom stereocenters. The van der Waals surface area contributed by atoms with E-state index in [-0.39, 0.29) is 11.8 Å². The molecule has 1 amide bonds. The first-order chi connectivity index (χ1) is 8.27. The minimum atomic E-state index is -0.420. The first-order valence-electron chi connectivity index (χ1n) is 6.36. The van der Waals surface area contributed by atoms with Gasteiger partial charge in [-0.1, -0.05) is 24.6 Å². The highest BCUT2D eigenvalue weighted by Gasteiger charge is 2.33. The molecule has 1 saturated carbocycles. The molecule has 0 spiro atoms. The van der Waals surface area contributed by atoms with Crippen molar-refractivity contribution in [1.29, 1.82) is 0 Å². The average Bonchev–Trinajstić information content (AvgIpc) is 2.27. The van der Waals surface area contributed by atoms with Gasteiger partial charge in [-0.3, -0.25) is 4.79 Å². The molecule has 1 atom stereocenters. The first-order valence-corrected chi connectivity index (χ1v) is 6.36. The van der Waals surface area contributed by atoms with E-state index in [9.17, 15) is 9.90 Å². The number of fused-ring (bicyclic) bond motifs is 1. The lowest BCUT2D eigenvalue weighted by atomic mass is 9.83. The number of anilines is 1. The van der Waals surface area contributed by atoms with Crippen LogP contribution in [0.2, 0.25) is 0 Å². The minimum Gasteiger partial charge on any atom is -0.388 e. The lowest BCUT2D eigenvalue weighted by molar-refractivity contribution is -0.124. The molecular formula is C14H17NO2. The van der Waals surface area contributed by atoms with E-state index >= 15 is 0 Å². The van der Waals surface area contributed by atoms with Gasteiger partial charge < -0.3 is 10.0 Å². The van der Waals surface area contributed by atoms with Crippen molar-refractivity contribution in [2.24, 2.45) is 5.92 Å². The van der Waals surface area contributed by atoms with Crippen molar-refractivity contribution in [2.45, 2.75) is 31.8 Å². The number of nitrogens with zero attached hydrogens (tertiary/aromatic N) is 1. The Bertz CT molecular complexity index is 440. The number of carbonyl (C=O) groups is 1. The zero-order valence-corrected chi connectivity index (χ0v) is 9.80. The highest BCUT2D eigenvalue weighted by atomic mass is 16.3. The molecule has 1 aromatic rings. The summed E-state index contributed by atoms with van der Waals surface area (Å²) < 4.78 is 0. The van der Waals surface area contributed by atoms with Gasteiger partial charge in [0.15, 0.2) is 0 Å². The normalized spacial score (nSPS) is 24.1. The summed E-state index contributed by atoms with van der Waals surface area (Å²) in [6.07, 6.45) is 3.46. The van der Waals surface area contributed by atoms with Crippen molar-refractivity contribution < 1.29 is 9.90 Å². The Morgan fingerprint density at radius 2 is 2.00 bits per heavy atom. The molecule has 1 heterocycles. The van der Waals surface area contributed by atoms with Gasteiger partial charge in [0.1, 0.15) is 0 Å². The summed E-state index contributed by atoms with van der Waals surface area (Å²) in [6.45, 7) is 0.646. The molecule has 90 valence electrons. The predicted octanol–water partition coefficient (Wildman–Crippen LogP) is 2.26. The zero-order valence-electron chi connectivity index (χ0n) is 9.80. The van der Waals surface area contributed by atoms with E-state index < -0.39 is 6.10 Å². The highest BCUT2D eigenvalue weighted by molar-refractivity contribution is 5.96. The maximum Gasteiger partial charge on any atom is 0.230 e. The van der Waals surface area contributed by atoms with Crippen molar-refractivity contribution in [3.05, 3.63) is 29.8 Å². The fraction of sp³-hybridized carbons (Fsp3) is 0.500. The van der Waals surface area contributed by atoms with E-state index in [0.29, 0.717) is 13.0 Å². The van der Waals surface area contributed by atoms with Crippen molar-refractivity contribution in [2.75, 3.05) is 11.4 Å². The third-order valence-corrected chi connectivity index (χ3v) is 3.93. The topological polar surface area (TPSA) is 40.5 Å². The lowest BCUT2D eigenvalue weighted by Gasteiger charge is -2.36. The van der Waals surface area contributed by atoms with Crippen LogP contribution in [0.1, 0.15) is 37.4 Å². The van der Waals surface area contributed by atoms with Gasteiger partial charge in [0.05, 0.1) is 6.10 Å². The van der Waals surface area contributed by atoms with E-state index in [1.54, 1.807) is 0 Å². The Hall–Kier alpha value is -1.35. The number of aliphatic hydroxyl groups excluding tert-OH is 1. The summed E-state index contributed by atoms with van der Waals surface area (Å²) in [5.41, 5.74) is 1.80. The van der Waals surface area contributed by atoms with Gasteiger partial charge in [-0.25, -0.2) is 0 Å². The van der Waals surface area contributed by atoms with Crippen LogP contribution in [0, 0.1) is 5.92 Å². The van der Waals surface area contributed by atoms with Crippen LogP contribution in [0.5, 0.6) is 0 Å². The standard InChI is InChI=1S/C14H17NO2/c16-13-8-9-15(14(17)10-4-3-5-10)12-7-2-1-6-11(12)13/h1-2,6-7,10,13,16H,3-5,8-9H2. The summed E-state index contributed by atoms with van der Waals surface area (Å²) in [4.78, 5) is 14.2. The van der Waals surface area contributed by atoms with Crippen molar-refractivity contribution >= 4 is 11.6 Å². The Kier molecular flexibility index (Phi) is 2.63. The maximum absolute atomic E-state index is 12.3. The van der Waals surface area contributed by atoms with Gasteiger partial charge >= 0.3 is 0 Å². The van der Waals surface area contributed by atoms with Crippen LogP contribution in [0.15, 0.2) is 24.3 Å². The number of amides is 1. The van der Waals surface area contributed by atoms with Crippen LogP contribution in [0.25, 0.3) is 0 Å². The number of benzene rings is 1. The SMILES string of the molecule is O=C(C1CCC1)N1CCC(O)c2ccccc21. The highest BCUT2D eigenvalue weighted by Crippen LogP contribution is 2.37. The minimum absolute atomic E-state index is 0.221. The van der Waals surface area contributed by atoms with Crippen molar-refractivity contribution in [3.8, 4) is 0 Å². The Morgan fingerprint density at radius 3 is 2.71 bits per heavy atom. The van der Waals surface area contributed by atoms with E-state index in [1.165, 1.54) is 6.42 Å². The number of para-hydroxylation sites is 1. The molecule has 0 radical (unpaired) electrons. The van der Waals surface area contributed by atoms with Crippen LogP contribution < -0.4 is 4.90 Å². The molecule has 3 heteroatoms. The second kappa shape index (κ2) is 4.15. The van der Waals surface area contributed by atoms with E-state index in [2.05, 4.69) is 0 Å². The number of carbonyl (C=O) groups excluding carboxylic acids is 1. The van der Waals surface area contributed by atoms with E-state index in [4.69, 9.17) is 0 Å². The summed E-state index contributed by atoms with van der Waals surface area (Å²) in [5, 5.41) is 9.93. The maximum atomic E-state index is 12.3. The van der Waals surface area contributed by atoms with Gasteiger partial charge in [0, 0.05) is 23.7 Å². The molecule has 3 rings (SSSR count). The fourth-order valence-corrected chi connectivity index (χ4v) is 2.65. The van der Waals surface area contributed by atoms with Crippen LogP contribution >= 0.6 is 0 Å². The third-order valence-electron chi connectivity index (χ3n) is 3.93. The molecule has 0 aromatic heterocycles. The molecule has 1 fully saturated rings. The van der Waals surface area contributed by atoms with E-state index in [1.807, 2.05) is 29.2 Å². The lowest BCUT2D eigenvalue weighted by Crippen LogP contribution is -2.42. The van der Waals surface area contributed by atoms with Gasteiger partial charge in [-0.15, -0.1) is 0 Å². The summed E-state index contributed by atoms with van der Waals surface area (Å²) in [6, 6.07) is 7.70. The van der Waals surface area contributed by atoms with Crippen LogP contribution in [-0.2, 0) is 4.79 Å². The first kappa shape index (κ1) is 10.8. The molecule has 0 saturated heterocycles. The summed E-state index contributed by atoms with van der Waals surface area (Å²) in [7, 11) is 0. The molecule has 1 N–H and O–H groups in total. The number of hydrogen-bond donors (Lipinski definition) is 1. The number of aliphatic hydroxyl groups is 1. The quantitative estimate of drug-likeness (QED) is 0.805. The predicted molar refractivity (Wildman–Crippen MR) is 65.7 cm³/mol. The van der Waals surface area contributed by atoms with Crippen LogP contribution in [0.4, 0.5) is 5.69 Å². The molecule has 17 heavy (non-hydrogen) atoms. The van der Waals surface area contributed by atoms with Crippen molar-refractivity contribution in [3.63, 3.8) is 0 Å². The van der Waals surface area contributed by atoms with Crippen molar-refractivity contribution in [1.82, 2.24) is 0 Å². The molecule has 1 aliphatic heterocycles. The Balaban J connectivity index is 1.92. The zero-order chi connectivity index (χ0) is 11.8. The molecular weight excluding hydrogens is 214 g/mol. The van der Waals surface area contributed by atoms with Crippen LogP contribution in [-0.4, -0.2) is 17.6 Å². The second-order valence-corrected chi connectivity index (χ2v) is 4.98. The van der Waals surface area contributed by atoms with Crippen LogP contribution in [0.3, 0.4) is 0 Å². The second-order valence-electron chi connectivity index (χ2n) is 4.98. The monoisotopic (exact) mass is 231 g/mol. The number of rotatable bonds is 1. The van der Waals surface area contributed by atoms with E-state index in [0.717, 1.165) is 24.1 Å². The number of hydrogen-bond acceptors (Lipinski definition) is 2. The molecule has 2 aliphatic rings.